The predicted octanol–water partition coefficient (Wildman–Crippen LogP) is 5.60. The Morgan fingerprint density at radius 3 is 2.38 bits per heavy atom. The van der Waals surface area contributed by atoms with Gasteiger partial charge in [-0.25, -0.2) is 9.79 Å². The first-order valence-electron chi connectivity index (χ1n) is 12.3. The number of hydrogen-bond donors (Lipinski definition) is 1. The highest BCUT2D eigenvalue weighted by molar-refractivity contribution is 8.14. The molecule has 0 fully saturated rings. The van der Waals surface area contributed by atoms with Gasteiger partial charge in [-0.1, -0.05) is 42.1 Å². The van der Waals surface area contributed by atoms with E-state index in [2.05, 4.69) is 10.3 Å². The topological polar surface area (TPSA) is 97.3 Å². The van der Waals surface area contributed by atoms with Crippen LogP contribution in [0.5, 0.6) is 5.75 Å². The number of anilines is 2. The van der Waals surface area contributed by atoms with Gasteiger partial charge in [0.1, 0.15) is 11.4 Å². The molecule has 0 bridgehead atoms. The fourth-order valence-electron chi connectivity index (χ4n) is 4.05. The maximum Gasteiger partial charge on any atom is 0.340 e. The van der Waals surface area contributed by atoms with E-state index in [-0.39, 0.29) is 35.4 Å². The lowest BCUT2D eigenvalue weighted by Gasteiger charge is -2.19. The van der Waals surface area contributed by atoms with E-state index in [0.29, 0.717) is 22.3 Å². The maximum absolute atomic E-state index is 13.5. The average Bonchev–Trinajstić information content (AvgIpc) is 3.22. The van der Waals surface area contributed by atoms with E-state index in [1.165, 1.54) is 4.90 Å². The van der Waals surface area contributed by atoms with Gasteiger partial charge >= 0.3 is 5.97 Å². The number of esters is 1. The van der Waals surface area contributed by atoms with Crippen LogP contribution in [0.3, 0.4) is 0 Å². The SMILES string of the molecule is CCOC(=O)c1ccccc1NC(=O)CSC1=NC(=Cc2ccc(OC)cc2)C(=O)N1c1cc(C)cc(C)c1. The Bertz CT molecular complexity index is 1440. The van der Waals surface area contributed by atoms with Gasteiger partial charge in [-0.05, 0) is 79.9 Å². The Hall–Kier alpha value is -4.37. The molecule has 39 heavy (non-hydrogen) atoms. The largest absolute Gasteiger partial charge is 0.497 e. The number of para-hydroxylation sites is 1. The standard InChI is InChI=1S/C30H29N3O5S/c1-5-38-29(36)24-8-6-7-9-25(24)31-27(34)18-39-30-32-26(17-21-10-12-23(37-4)13-11-21)28(35)33(30)22-15-19(2)14-20(3)16-22/h6-17H,5,18H2,1-4H3,(H,31,34). The van der Waals surface area contributed by atoms with E-state index >= 15 is 0 Å². The van der Waals surface area contributed by atoms with Crippen LogP contribution in [0.4, 0.5) is 11.4 Å². The summed E-state index contributed by atoms with van der Waals surface area (Å²) in [6, 6.07) is 19.8. The molecule has 1 aliphatic rings. The Labute approximate surface area is 231 Å². The quantitative estimate of drug-likeness (QED) is 0.293. The van der Waals surface area contributed by atoms with Gasteiger partial charge in [0.2, 0.25) is 5.91 Å². The number of nitrogens with one attached hydrogen (secondary N) is 1. The van der Waals surface area contributed by atoms with Crippen molar-refractivity contribution < 1.29 is 23.9 Å². The molecule has 0 atom stereocenters. The van der Waals surface area contributed by atoms with Crippen LogP contribution in [-0.4, -0.2) is 42.4 Å². The molecule has 0 saturated carbocycles. The number of carbonyl (C=O) groups is 3. The number of amides is 2. The molecule has 8 nitrogen and oxygen atoms in total. The number of hydrogen-bond acceptors (Lipinski definition) is 7. The molecular formula is C30H29N3O5S. The van der Waals surface area contributed by atoms with Crippen LogP contribution in [0.15, 0.2) is 77.4 Å². The molecule has 0 radical (unpaired) electrons. The first-order valence-corrected chi connectivity index (χ1v) is 13.3. The van der Waals surface area contributed by atoms with Crippen LogP contribution in [0.25, 0.3) is 6.08 Å². The van der Waals surface area contributed by atoms with Crippen molar-refractivity contribution >= 4 is 52.2 Å². The van der Waals surface area contributed by atoms with Crippen molar-refractivity contribution in [2.45, 2.75) is 20.8 Å². The van der Waals surface area contributed by atoms with Crippen LogP contribution in [-0.2, 0) is 14.3 Å². The predicted molar refractivity (Wildman–Crippen MR) is 155 cm³/mol. The van der Waals surface area contributed by atoms with Crippen molar-refractivity contribution in [3.8, 4) is 5.75 Å². The third kappa shape index (κ3) is 6.74. The molecular weight excluding hydrogens is 514 g/mol. The second-order valence-corrected chi connectivity index (χ2v) is 9.73. The Kier molecular flexibility index (Phi) is 8.83. The third-order valence-electron chi connectivity index (χ3n) is 5.74. The molecule has 0 unspecified atom stereocenters. The van der Waals surface area contributed by atoms with Gasteiger partial charge in [0.15, 0.2) is 5.17 Å². The summed E-state index contributed by atoms with van der Waals surface area (Å²) in [4.78, 5) is 44.8. The summed E-state index contributed by atoms with van der Waals surface area (Å²) in [6.07, 6.45) is 1.71. The third-order valence-corrected chi connectivity index (χ3v) is 6.68. The van der Waals surface area contributed by atoms with Crippen molar-refractivity contribution in [3.05, 3.63) is 94.7 Å². The lowest BCUT2D eigenvalue weighted by molar-refractivity contribution is -0.114. The number of aryl methyl sites for hydroxylation is 2. The maximum atomic E-state index is 13.5. The molecule has 0 spiro atoms. The van der Waals surface area contributed by atoms with Crippen molar-refractivity contribution in [3.63, 3.8) is 0 Å². The van der Waals surface area contributed by atoms with Crippen molar-refractivity contribution in [1.29, 1.82) is 0 Å². The van der Waals surface area contributed by atoms with Gasteiger partial charge in [-0.2, -0.15) is 0 Å². The second kappa shape index (κ2) is 12.4. The Balaban J connectivity index is 1.58. The summed E-state index contributed by atoms with van der Waals surface area (Å²) in [5.74, 6) is -0.463. The van der Waals surface area contributed by atoms with Crippen LogP contribution in [0.1, 0.15) is 34.0 Å². The number of aliphatic imine (C=N–C) groups is 1. The van der Waals surface area contributed by atoms with Crippen molar-refractivity contribution in [2.24, 2.45) is 4.99 Å². The van der Waals surface area contributed by atoms with Gasteiger partial charge in [-0.3, -0.25) is 14.5 Å². The minimum absolute atomic E-state index is 0.0274. The van der Waals surface area contributed by atoms with E-state index in [1.54, 1.807) is 44.4 Å². The number of rotatable bonds is 8. The van der Waals surface area contributed by atoms with Gasteiger partial charge in [-0.15, -0.1) is 0 Å². The number of benzene rings is 3. The lowest BCUT2D eigenvalue weighted by Crippen LogP contribution is -2.31. The highest BCUT2D eigenvalue weighted by atomic mass is 32.2. The summed E-state index contributed by atoms with van der Waals surface area (Å²) in [6.45, 7) is 5.87. The number of amidine groups is 1. The van der Waals surface area contributed by atoms with Crippen LogP contribution in [0.2, 0.25) is 0 Å². The number of methoxy groups -OCH3 is 1. The van der Waals surface area contributed by atoms with E-state index < -0.39 is 5.97 Å². The van der Waals surface area contributed by atoms with Crippen molar-refractivity contribution in [1.82, 2.24) is 0 Å². The van der Waals surface area contributed by atoms with Crippen LogP contribution < -0.4 is 15.0 Å². The zero-order valence-electron chi connectivity index (χ0n) is 22.2. The molecule has 0 saturated heterocycles. The number of carbonyl (C=O) groups excluding carboxylic acids is 3. The lowest BCUT2D eigenvalue weighted by atomic mass is 10.1. The highest BCUT2D eigenvalue weighted by Gasteiger charge is 2.32. The molecule has 2 amide bonds. The summed E-state index contributed by atoms with van der Waals surface area (Å²) in [5, 5.41) is 3.16. The molecule has 3 aromatic carbocycles. The molecule has 9 heteroatoms. The summed E-state index contributed by atoms with van der Waals surface area (Å²) < 4.78 is 10.3. The first kappa shape index (κ1) is 27.7. The second-order valence-electron chi connectivity index (χ2n) is 8.79. The molecule has 1 aliphatic heterocycles. The zero-order chi connectivity index (χ0) is 27.9. The fourth-order valence-corrected chi connectivity index (χ4v) is 4.87. The fraction of sp³-hybridized carbons (Fsp3) is 0.200. The highest BCUT2D eigenvalue weighted by Crippen LogP contribution is 2.31. The summed E-state index contributed by atoms with van der Waals surface area (Å²) in [5.41, 5.74) is 4.36. The minimum atomic E-state index is -0.513. The van der Waals surface area contributed by atoms with E-state index in [4.69, 9.17) is 9.47 Å². The molecule has 200 valence electrons. The van der Waals surface area contributed by atoms with E-state index in [9.17, 15) is 14.4 Å². The number of ether oxygens (including phenoxy) is 2. The molecule has 0 aliphatic carbocycles. The summed E-state index contributed by atoms with van der Waals surface area (Å²) >= 11 is 1.14. The molecule has 1 N–H and O–H groups in total. The Morgan fingerprint density at radius 2 is 1.72 bits per heavy atom. The Morgan fingerprint density at radius 1 is 1.03 bits per heavy atom. The molecule has 3 aromatic rings. The normalized spacial score (nSPS) is 13.8. The zero-order valence-corrected chi connectivity index (χ0v) is 23.0. The van der Waals surface area contributed by atoms with Gasteiger partial charge in [0, 0.05) is 0 Å². The average molecular weight is 544 g/mol. The van der Waals surface area contributed by atoms with E-state index in [0.717, 1.165) is 28.5 Å². The number of thioether (sulfide) groups is 1. The van der Waals surface area contributed by atoms with Gasteiger partial charge in [0.05, 0.1) is 36.4 Å². The monoisotopic (exact) mass is 543 g/mol. The van der Waals surface area contributed by atoms with Gasteiger partial charge < -0.3 is 14.8 Å². The minimum Gasteiger partial charge on any atom is -0.497 e. The van der Waals surface area contributed by atoms with E-state index in [1.807, 2.05) is 56.3 Å². The number of nitrogens with zero attached hydrogens (tertiary/aromatic N) is 2. The molecule has 0 aromatic heterocycles. The molecule has 1 heterocycles. The summed E-state index contributed by atoms with van der Waals surface area (Å²) in [7, 11) is 1.59. The first-order chi connectivity index (χ1) is 18.8. The van der Waals surface area contributed by atoms with Crippen LogP contribution in [0, 0.1) is 13.8 Å². The molecule has 4 rings (SSSR count). The smallest absolute Gasteiger partial charge is 0.340 e. The van der Waals surface area contributed by atoms with Crippen LogP contribution >= 0.6 is 11.8 Å². The van der Waals surface area contributed by atoms with Gasteiger partial charge in [0.25, 0.3) is 5.91 Å². The van der Waals surface area contributed by atoms with Crippen molar-refractivity contribution in [2.75, 3.05) is 29.7 Å².